The van der Waals surface area contributed by atoms with E-state index in [1.807, 2.05) is 50.2 Å². The molecule has 1 aliphatic rings. The predicted octanol–water partition coefficient (Wildman–Crippen LogP) is 2.70. The van der Waals surface area contributed by atoms with Crippen LogP contribution >= 0.6 is 0 Å². The van der Waals surface area contributed by atoms with Gasteiger partial charge in [0.05, 0.1) is 11.5 Å². The molecule has 2 aromatic rings. The van der Waals surface area contributed by atoms with Crippen molar-refractivity contribution in [3.8, 4) is 0 Å². The summed E-state index contributed by atoms with van der Waals surface area (Å²) >= 11 is 0. The number of nitrogens with zero attached hydrogens (tertiary/aromatic N) is 1. The van der Waals surface area contributed by atoms with Gasteiger partial charge in [0, 0.05) is 29.9 Å². The van der Waals surface area contributed by atoms with E-state index in [2.05, 4.69) is 4.57 Å². The Morgan fingerprint density at radius 2 is 1.89 bits per heavy atom. The molecule has 0 amide bonds. The van der Waals surface area contributed by atoms with Gasteiger partial charge in [0.1, 0.15) is 0 Å². The Labute approximate surface area is 165 Å². The zero-order valence-electron chi connectivity index (χ0n) is 16.2. The van der Waals surface area contributed by atoms with Crippen LogP contribution in [0.3, 0.4) is 0 Å². The van der Waals surface area contributed by atoms with Gasteiger partial charge in [-0.15, -0.1) is 0 Å². The van der Waals surface area contributed by atoms with Crippen LogP contribution in [0.5, 0.6) is 0 Å². The molecule has 0 aliphatic carbocycles. The first-order valence-corrected chi connectivity index (χ1v) is 11.2. The minimum Gasteiger partial charge on any atom is -0.457 e. The Balaban J connectivity index is 1.59. The first-order chi connectivity index (χ1) is 13.2. The van der Waals surface area contributed by atoms with Crippen molar-refractivity contribution in [1.29, 1.82) is 0 Å². The van der Waals surface area contributed by atoms with Crippen molar-refractivity contribution >= 4 is 21.6 Å². The summed E-state index contributed by atoms with van der Waals surface area (Å²) in [5.74, 6) is -0.828. The summed E-state index contributed by atoms with van der Waals surface area (Å²) in [6, 6.07) is 11.8. The van der Waals surface area contributed by atoms with Crippen molar-refractivity contribution < 1.29 is 22.7 Å². The summed E-state index contributed by atoms with van der Waals surface area (Å²) in [4.78, 5) is 24.5. The van der Waals surface area contributed by atoms with Crippen LogP contribution in [0.15, 0.2) is 36.4 Å². The molecule has 1 aromatic carbocycles. The quantitative estimate of drug-likeness (QED) is 0.524. The lowest BCUT2D eigenvalue weighted by Crippen LogP contribution is -2.18. The van der Waals surface area contributed by atoms with Gasteiger partial charge >= 0.3 is 5.97 Å². The Kier molecular flexibility index (Phi) is 6.03. The second-order valence-electron chi connectivity index (χ2n) is 7.41. The van der Waals surface area contributed by atoms with E-state index in [0.29, 0.717) is 18.5 Å². The fourth-order valence-electron chi connectivity index (χ4n) is 3.64. The van der Waals surface area contributed by atoms with Crippen molar-refractivity contribution in [2.75, 3.05) is 18.1 Å². The first kappa shape index (κ1) is 20.3. The Bertz CT molecular complexity index is 976. The van der Waals surface area contributed by atoms with Crippen LogP contribution in [0, 0.1) is 19.8 Å². The molecule has 2 heterocycles. The van der Waals surface area contributed by atoms with Crippen molar-refractivity contribution in [2.45, 2.75) is 33.2 Å². The average molecular weight is 404 g/mol. The van der Waals surface area contributed by atoms with Crippen LogP contribution in [0.4, 0.5) is 0 Å². The maximum atomic E-state index is 12.5. The lowest BCUT2D eigenvalue weighted by Gasteiger charge is -2.10. The molecule has 150 valence electrons. The Morgan fingerprint density at radius 1 is 1.18 bits per heavy atom. The largest absolute Gasteiger partial charge is 0.457 e. The normalized spacial score (nSPS) is 18.1. The SMILES string of the molecule is Cc1cc(C(=O)COC(=O)C[C@H]2CCS(=O)(=O)C2)c(C)n1Cc1ccccc1. The third-order valence-corrected chi connectivity index (χ3v) is 7.04. The fourth-order valence-corrected chi connectivity index (χ4v) is 5.51. The van der Waals surface area contributed by atoms with E-state index >= 15 is 0 Å². The maximum Gasteiger partial charge on any atom is 0.306 e. The van der Waals surface area contributed by atoms with Crippen molar-refractivity contribution in [2.24, 2.45) is 5.92 Å². The molecule has 1 atom stereocenters. The number of rotatable bonds is 7. The van der Waals surface area contributed by atoms with Crippen LogP contribution in [0.25, 0.3) is 0 Å². The van der Waals surface area contributed by atoms with E-state index in [4.69, 9.17) is 4.74 Å². The first-order valence-electron chi connectivity index (χ1n) is 9.35. The molecule has 0 spiro atoms. The minimum absolute atomic E-state index is 0.0245. The molecule has 0 N–H and O–H groups in total. The number of aryl methyl sites for hydroxylation is 1. The average Bonchev–Trinajstić information content (AvgIpc) is 3.13. The molecular weight excluding hydrogens is 378 g/mol. The molecule has 0 bridgehead atoms. The number of benzene rings is 1. The zero-order valence-corrected chi connectivity index (χ0v) is 17.0. The van der Waals surface area contributed by atoms with E-state index in [1.165, 1.54) is 0 Å². The molecule has 1 saturated heterocycles. The second kappa shape index (κ2) is 8.31. The van der Waals surface area contributed by atoms with Crippen LogP contribution in [-0.2, 0) is 25.9 Å². The van der Waals surface area contributed by atoms with Gasteiger partial charge in [-0.25, -0.2) is 8.42 Å². The highest BCUT2D eigenvalue weighted by Gasteiger charge is 2.30. The fraction of sp³-hybridized carbons (Fsp3) is 0.429. The second-order valence-corrected chi connectivity index (χ2v) is 9.64. The summed E-state index contributed by atoms with van der Waals surface area (Å²) in [6.45, 7) is 4.17. The van der Waals surface area contributed by atoms with Gasteiger partial charge in [-0.05, 0) is 37.8 Å². The topological polar surface area (TPSA) is 82.4 Å². The number of carbonyl (C=O) groups is 2. The van der Waals surface area contributed by atoms with Gasteiger partial charge < -0.3 is 9.30 Å². The molecule has 28 heavy (non-hydrogen) atoms. The smallest absolute Gasteiger partial charge is 0.306 e. The number of sulfone groups is 1. The Morgan fingerprint density at radius 3 is 2.54 bits per heavy atom. The van der Waals surface area contributed by atoms with Crippen LogP contribution in [0.1, 0.15) is 40.2 Å². The minimum atomic E-state index is -3.03. The van der Waals surface area contributed by atoms with Crippen molar-refractivity contribution in [1.82, 2.24) is 4.57 Å². The van der Waals surface area contributed by atoms with Crippen LogP contribution < -0.4 is 0 Å². The van der Waals surface area contributed by atoms with Crippen molar-refractivity contribution in [3.05, 3.63) is 58.9 Å². The van der Waals surface area contributed by atoms with Gasteiger partial charge in [-0.2, -0.15) is 0 Å². The summed E-state index contributed by atoms with van der Waals surface area (Å²) < 4.78 is 30.1. The highest BCUT2D eigenvalue weighted by molar-refractivity contribution is 7.91. The maximum absolute atomic E-state index is 12.5. The number of hydrogen-bond donors (Lipinski definition) is 0. The van der Waals surface area contributed by atoms with Gasteiger partial charge in [-0.3, -0.25) is 9.59 Å². The van der Waals surface area contributed by atoms with Crippen LogP contribution in [0.2, 0.25) is 0 Å². The lowest BCUT2D eigenvalue weighted by atomic mass is 10.1. The van der Waals surface area contributed by atoms with E-state index in [-0.39, 0.29) is 36.2 Å². The van der Waals surface area contributed by atoms with Gasteiger partial charge in [0.25, 0.3) is 0 Å². The number of hydrogen-bond acceptors (Lipinski definition) is 5. The van der Waals surface area contributed by atoms with Gasteiger partial charge in [-0.1, -0.05) is 30.3 Å². The van der Waals surface area contributed by atoms with E-state index in [1.54, 1.807) is 0 Å². The number of ether oxygens (including phenoxy) is 1. The molecule has 0 saturated carbocycles. The monoisotopic (exact) mass is 403 g/mol. The number of ketones is 1. The number of esters is 1. The molecule has 1 fully saturated rings. The summed E-state index contributed by atoms with van der Waals surface area (Å²) in [5.41, 5.74) is 3.49. The van der Waals surface area contributed by atoms with E-state index in [0.717, 1.165) is 17.0 Å². The number of carbonyl (C=O) groups excluding carboxylic acids is 2. The number of Topliss-reactive ketones (excluding diaryl/α,β-unsaturated/α-hetero) is 1. The van der Waals surface area contributed by atoms with Crippen LogP contribution in [-0.4, -0.2) is 42.9 Å². The predicted molar refractivity (Wildman–Crippen MR) is 106 cm³/mol. The molecule has 1 aliphatic heterocycles. The summed E-state index contributed by atoms with van der Waals surface area (Å²) in [7, 11) is -3.03. The standard InChI is InChI=1S/C21H25NO5S/c1-15-10-19(16(2)22(15)12-17-6-4-3-5-7-17)20(23)13-27-21(24)11-18-8-9-28(25,26)14-18/h3-7,10,18H,8-9,11-14H2,1-2H3/t18-/m1/s1. The van der Waals surface area contributed by atoms with Gasteiger partial charge in [0.2, 0.25) is 5.78 Å². The molecule has 3 rings (SSSR count). The zero-order chi connectivity index (χ0) is 20.3. The molecule has 0 radical (unpaired) electrons. The number of aromatic nitrogens is 1. The van der Waals surface area contributed by atoms with E-state index < -0.39 is 15.8 Å². The molecule has 7 heteroatoms. The van der Waals surface area contributed by atoms with Crippen molar-refractivity contribution in [3.63, 3.8) is 0 Å². The summed E-state index contributed by atoms with van der Waals surface area (Å²) in [6.07, 6.45) is 0.519. The molecule has 0 unspecified atom stereocenters. The highest BCUT2D eigenvalue weighted by atomic mass is 32.2. The Hall–Kier alpha value is -2.41. The molecular formula is C21H25NO5S. The summed E-state index contributed by atoms with van der Waals surface area (Å²) in [5, 5.41) is 0. The molecule has 6 nitrogen and oxygen atoms in total. The lowest BCUT2D eigenvalue weighted by molar-refractivity contribution is -0.143. The van der Waals surface area contributed by atoms with E-state index in [9.17, 15) is 18.0 Å². The molecule has 1 aromatic heterocycles. The third kappa shape index (κ3) is 4.90. The highest BCUT2D eigenvalue weighted by Crippen LogP contribution is 2.22. The third-order valence-electron chi connectivity index (χ3n) is 5.20. The van der Waals surface area contributed by atoms with Gasteiger partial charge in [0.15, 0.2) is 16.4 Å².